The summed E-state index contributed by atoms with van der Waals surface area (Å²) in [7, 11) is 0. The van der Waals surface area contributed by atoms with E-state index in [1.165, 1.54) is 12.1 Å². The van der Waals surface area contributed by atoms with Crippen LogP contribution in [0.3, 0.4) is 0 Å². The Morgan fingerprint density at radius 2 is 1.78 bits per heavy atom. The fourth-order valence-corrected chi connectivity index (χ4v) is 2.72. The molecule has 1 saturated heterocycles. The lowest BCUT2D eigenvalue weighted by atomic mass is 10.0. The molecule has 0 aromatic heterocycles. The van der Waals surface area contributed by atoms with Crippen molar-refractivity contribution in [2.45, 2.75) is 25.1 Å². The first-order valence-corrected chi connectivity index (χ1v) is 7.56. The number of likely N-dealkylation sites (tertiary alicyclic amines) is 1. The third kappa shape index (κ3) is 4.51. The second-order valence-corrected chi connectivity index (χ2v) is 6.01. The van der Waals surface area contributed by atoms with Gasteiger partial charge in [-0.15, -0.1) is 0 Å². The molecule has 0 unspecified atom stereocenters. The first-order valence-electron chi connectivity index (χ1n) is 6.80. The summed E-state index contributed by atoms with van der Waals surface area (Å²) in [6.45, 7) is -0.126. The number of nitrogens with one attached hydrogen (secondary N) is 1. The Hall–Kier alpha value is -1.47. The van der Waals surface area contributed by atoms with E-state index in [2.05, 4.69) is 5.32 Å². The molecule has 2 rings (SSSR count). The van der Waals surface area contributed by atoms with Crippen LogP contribution in [0.4, 0.5) is 13.2 Å². The Morgan fingerprint density at radius 3 is 2.35 bits per heavy atom. The fourth-order valence-electron chi connectivity index (χ4n) is 2.34. The molecule has 2 amide bonds. The Kier molecular flexibility index (Phi) is 5.41. The lowest BCUT2D eigenvalue weighted by molar-refractivity contribution is -0.186. The highest BCUT2D eigenvalue weighted by atomic mass is 35.5. The maximum Gasteiger partial charge on any atom is 0.471 e. The predicted octanol–water partition coefficient (Wildman–Crippen LogP) is 3.28. The van der Waals surface area contributed by atoms with Gasteiger partial charge in [0.05, 0.1) is 10.6 Å². The molecule has 1 N–H and O–H groups in total. The number of carbonyl (C=O) groups excluding carboxylic acids is 2. The largest absolute Gasteiger partial charge is 0.471 e. The van der Waals surface area contributed by atoms with Crippen molar-refractivity contribution in [1.82, 2.24) is 10.2 Å². The van der Waals surface area contributed by atoms with Gasteiger partial charge in [0.15, 0.2) is 0 Å². The summed E-state index contributed by atoms with van der Waals surface area (Å²) in [5.74, 6) is -2.29. The van der Waals surface area contributed by atoms with Gasteiger partial charge in [-0.05, 0) is 31.0 Å². The minimum absolute atomic E-state index is 0.0629. The van der Waals surface area contributed by atoms with E-state index in [0.29, 0.717) is 5.02 Å². The number of carbonyl (C=O) groups is 2. The van der Waals surface area contributed by atoms with E-state index in [9.17, 15) is 22.8 Å². The zero-order chi connectivity index (χ0) is 17.2. The van der Waals surface area contributed by atoms with Crippen molar-refractivity contribution in [2.24, 2.45) is 0 Å². The molecule has 126 valence electrons. The third-order valence-electron chi connectivity index (χ3n) is 3.53. The first kappa shape index (κ1) is 17.9. The fraction of sp³-hybridized carbons (Fsp3) is 0.429. The molecule has 1 aliphatic heterocycles. The summed E-state index contributed by atoms with van der Waals surface area (Å²) in [5.41, 5.74) is 0.202. The van der Waals surface area contributed by atoms with Crippen molar-refractivity contribution >= 4 is 35.0 Å². The lowest BCUT2D eigenvalue weighted by Crippen LogP contribution is -2.50. The van der Waals surface area contributed by atoms with Crippen LogP contribution in [0, 0.1) is 0 Å². The van der Waals surface area contributed by atoms with E-state index in [1.54, 1.807) is 6.07 Å². The van der Waals surface area contributed by atoms with Gasteiger partial charge in [0.1, 0.15) is 0 Å². The summed E-state index contributed by atoms with van der Waals surface area (Å²) >= 11 is 11.7. The Bertz CT molecular complexity index is 615. The maximum absolute atomic E-state index is 12.4. The van der Waals surface area contributed by atoms with E-state index < -0.39 is 18.0 Å². The van der Waals surface area contributed by atoms with Crippen LogP contribution in [0.1, 0.15) is 23.2 Å². The molecule has 1 fully saturated rings. The minimum atomic E-state index is -4.87. The van der Waals surface area contributed by atoms with Crippen LogP contribution >= 0.6 is 23.2 Å². The molecule has 0 aliphatic carbocycles. The molecule has 1 aromatic rings. The van der Waals surface area contributed by atoms with Gasteiger partial charge in [-0.2, -0.15) is 13.2 Å². The molecule has 1 aromatic carbocycles. The van der Waals surface area contributed by atoms with Crippen molar-refractivity contribution in [1.29, 1.82) is 0 Å². The average Bonchev–Trinajstić information content (AvgIpc) is 2.48. The number of benzene rings is 1. The summed E-state index contributed by atoms with van der Waals surface area (Å²) < 4.78 is 37.1. The SMILES string of the molecule is O=C(NC1CCN(C(=O)C(F)(F)F)CC1)c1cc(Cl)ccc1Cl. The van der Waals surface area contributed by atoms with Gasteiger partial charge in [-0.25, -0.2) is 0 Å². The predicted molar refractivity (Wildman–Crippen MR) is 79.6 cm³/mol. The monoisotopic (exact) mass is 368 g/mol. The zero-order valence-corrected chi connectivity index (χ0v) is 13.3. The highest BCUT2D eigenvalue weighted by molar-refractivity contribution is 6.35. The third-order valence-corrected chi connectivity index (χ3v) is 4.10. The number of alkyl halides is 3. The number of nitrogens with zero attached hydrogens (tertiary/aromatic N) is 1. The van der Waals surface area contributed by atoms with Crippen molar-refractivity contribution in [3.63, 3.8) is 0 Å². The molecular weight excluding hydrogens is 356 g/mol. The molecule has 0 radical (unpaired) electrons. The van der Waals surface area contributed by atoms with Gasteiger partial charge in [0.2, 0.25) is 0 Å². The van der Waals surface area contributed by atoms with Crippen molar-refractivity contribution in [3.05, 3.63) is 33.8 Å². The first-order chi connectivity index (χ1) is 10.7. The molecule has 0 spiro atoms. The second-order valence-electron chi connectivity index (χ2n) is 5.16. The number of piperidine rings is 1. The highest BCUT2D eigenvalue weighted by Gasteiger charge is 2.43. The molecule has 0 bridgehead atoms. The summed E-state index contributed by atoms with van der Waals surface area (Å²) in [6, 6.07) is 4.13. The topological polar surface area (TPSA) is 49.4 Å². The van der Waals surface area contributed by atoms with Crippen molar-refractivity contribution in [2.75, 3.05) is 13.1 Å². The van der Waals surface area contributed by atoms with Crippen molar-refractivity contribution in [3.8, 4) is 0 Å². The second kappa shape index (κ2) is 6.97. The molecule has 0 saturated carbocycles. The van der Waals surface area contributed by atoms with Crippen LogP contribution in [0.2, 0.25) is 10.0 Å². The van der Waals surface area contributed by atoms with Crippen LogP contribution in [0.15, 0.2) is 18.2 Å². The molecule has 23 heavy (non-hydrogen) atoms. The molecule has 1 aliphatic rings. The van der Waals surface area contributed by atoms with Crippen molar-refractivity contribution < 1.29 is 22.8 Å². The number of hydrogen-bond donors (Lipinski definition) is 1. The zero-order valence-electron chi connectivity index (χ0n) is 11.8. The number of hydrogen-bond acceptors (Lipinski definition) is 2. The molecule has 0 atom stereocenters. The molecule has 4 nitrogen and oxygen atoms in total. The number of halogens is 5. The average molecular weight is 369 g/mol. The quantitative estimate of drug-likeness (QED) is 0.870. The molecular formula is C14H13Cl2F3N2O2. The standard InChI is InChI=1S/C14H13Cl2F3N2O2/c15-8-1-2-11(16)10(7-8)12(22)20-9-3-5-21(6-4-9)13(23)14(17,18)19/h1-2,7,9H,3-6H2,(H,20,22). The van der Waals surface area contributed by atoms with Gasteiger partial charge in [-0.3, -0.25) is 9.59 Å². The number of amides is 2. The van der Waals surface area contributed by atoms with E-state index in [4.69, 9.17) is 23.2 Å². The van der Waals surface area contributed by atoms with E-state index >= 15 is 0 Å². The summed E-state index contributed by atoms with van der Waals surface area (Å²) in [5, 5.41) is 3.29. The van der Waals surface area contributed by atoms with Crippen LogP contribution in [0.25, 0.3) is 0 Å². The molecule has 9 heteroatoms. The van der Waals surface area contributed by atoms with Gasteiger partial charge >= 0.3 is 12.1 Å². The summed E-state index contributed by atoms with van der Waals surface area (Å²) in [6.07, 6.45) is -4.39. The smallest absolute Gasteiger partial charge is 0.349 e. The minimum Gasteiger partial charge on any atom is -0.349 e. The van der Waals surface area contributed by atoms with E-state index in [0.717, 1.165) is 4.90 Å². The van der Waals surface area contributed by atoms with Crippen LogP contribution in [-0.2, 0) is 4.79 Å². The van der Waals surface area contributed by atoms with Gasteiger partial charge in [0, 0.05) is 24.2 Å². The highest BCUT2D eigenvalue weighted by Crippen LogP contribution is 2.23. The van der Waals surface area contributed by atoms with Crippen LogP contribution in [0.5, 0.6) is 0 Å². The van der Waals surface area contributed by atoms with Gasteiger partial charge in [-0.1, -0.05) is 23.2 Å². The summed E-state index contributed by atoms with van der Waals surface area (Å²) in [4.78, 5) is 24.0. The normalized spacial score (nSPS) is 16.3. The van der Waals surface area contributed by atoms with E-state index in [1.807, 2.05) is 0 Å². The molecule has 1 heterocycles. The van der Waals surface area contributed by atoms with Gasteiger partial charge in [0.25, 0.3) is 5.91 Å². The van der Waals surface area contributed by atoms with Gasteiger partial charge < -0.3 is 10.2 Å². The van der Waals surface area contributed by atoms with E-state index in [-0.39, 0.29) is 42.6 Å². The Morgan fingerprint density at radius 1 is 1.17 bits per heavy atom. The lowest BCUT2D eigenvalue weighted by Gasteiger charge is -2.32. The Labute approximate surface area is 140 Å². The Balaban J connectivity index is 1.93. The van der Waals surface area contributed by atoms with Crippen LogP contribution < -0.4 is 5.32 Å². The van der Waals surface area contributed by atoms with Crippen LogP contribution in [-0.4, -0.2) is 42.0 Å². The number of rotatable bonds is 2. The maximum atomic E-state index is 12.4.